The van der Waals surface area contributed by atoms with Crippen LogP contribution in [0.4, 0.5) is 0 Å². The van der Waals surface area contributed by atoms with E-state index in [9.17, 15) is 5.11 Å². The van der Waals surface area contributed by atoms with Crippen LogP contribution in [0, 0.1) is 0 Å². The van der Waals surface area contributed by atoms with Gasteiger partial charge in [-0.25, -0.2) is 0 Å². The van der Waals surface area contributed by atoms with Crippen LogP contribution in [0.1, 0.15) is 37.1 Å². The summed E-state index contributed by atoms with van der Waals surface area (Å²) in [5.41, 5.74) is 6.49. The summed E-state index contributed by atoms with van der Waals surface area (Å²) in [4.78, 5) is 3.62. The zero-order chi connectivity index (χ0) is 16.5. The highest BCUT2D eigenvalue weighted by Gasteiger charge is 2.24. The van der Waals surface area contributed by atoms with Crippen LogP contribution in [0.5, 0.6) is 0 Å². The molecular formula is C21H24N2O. The maximum atomic E-state index is 9.56. The lowest BCUT2D eigenvalue weighted by Gasteiger charge is -2.24. The average molecular weight is 320 g/mol. The van der Waals surface area contributed by atoms with Crippen LogP contribution in [0.15, 0.2) is 48.5 Å². The van der Waals surface area contributed by atoms with Crippen LogP contribution in [0.3, 0.4) is 0 Å². The molecule has 124 valence electrons. The summed E-state index contributed by atoms with van der Waals surface area (Å²) < 4.78 is 0. The van der Waals surface area contributed by atoms with Gasteiger partial charge in [0.2, 0.25) is 0 Å². The molecule has 3 aromatic rings. The van der Waals surface area contributed by atoms with Gasteiger partial charge in [-0.3, -0.25) is 0 Å². The molecule has 0 saturated carbocycles. The third kappa shape index (κ3) is 2.85. The zero-order valence-corrected chi connectivity index (χ0v) is 14.0. The van der Waals surface area contributed by atoms with Gasteiger partial charge in [0.1, 0.15) is 0 Å². The van der Waals surface area contributed by atoms with Crippen molar-refractivity contribution >= 4 is 10.9 Å². The molecule has 0 fully saturated rings. The van der Waals surface area contributed by atoms with E-state index in [1.165, 1.54) is 39.7 Å². The topological polar surface area (TPSA) is 48.0 Å². The number of hydrogen-bond donors (Lipinski definition) is 3. The highest BCUT2D eigenvalue weighted by molar-refractivity contribution is 5.89. The summed E-state index contributed by atoms with van der Waals surface area (Å²) in [6.07, 6.45) is 3.12. The lowest BCUT2D eigenvalue weighted by Crippen LogP contribution is -2.31. The van der Waals surface area contributed by atoms with Crippen molar-refractivity contribution in [3.8, 4) is 11.1 Å². The number of aromatic amines is 1. The summed E-state index contributed by atoms with van der Waals surface area (Å²) in [6, 6.07) is 17.6. The number of aliphatic hydroxyl groups excluding tert-OH is 1. The molecule has 0 bridgehead atoms. The lowest BCUT2D eigenvalue weighted by molar-refractivity contribution is 0.184. The van der Waals surface area contributed by atoms with Crippen LogP contribution in [0.2, 0.25) is 0 Å². The molecule has 24 heavy (non-hydrogen) atoms. The Labute approximate surface area is 142 Å². The predicted molar refractivity (Wildman–Crippen MR) is 99.1 cm³/mol. The number of aryl methyl sites for hydroxylation is 1. The molecule has 1 unspecified atom stereocenters. The fourth-order valence-electron chi connectivity index (χ4n) is 3.79. The summed E-state index contributed by atoms with van der Waals surface area (Å²) in [5, 5.41) is 14.4. The molecule has 0 radical (unpaired) electrons. The SMILES string of the molecule is C[C@@H](O)CNC1CCCc2c1[nH]c1ccc(-c3ccccc3)cc21. The standard InChI is InChI=1S/C21H24N2O/c1-14(24)13-22-20-9-5-8-17-18-12-16(15-6-3-2-4-7-15)10-11-19(18)23-21(17)20/h2-4,6-7,10-12,14,20,22-24H,5,8-9,13H2,1H3/t14-,20?/m1/s1. The molecule has 0 aliphatic heterocycles. The maximum Gasteiger partial charge on any atom is 0.0636 e. The number of benzene rings is 2. The van der Waals surface area contributed by atoms with E-state index in [4.69, 9.17) is 0 Å². The largest absolute Gasteiger partial charge is 0.392 e. The van der Waals surface area contributed by atoms with Crippen LogP contribution in [0.25, 0.3) is 22.0 Å². The van der Waals surface area contributed by atoms with Gasteiger partial charge in [0.05, 0.1) is 6.10 Å². The van der Waals surface area contributed by atoms with Gasteiger partial charge < -0.3 is 15.4 Å². The minimum atomic E-state index is -0.315. The smallest absolute Gasteiger partial charge is 0.0636 e. The molecule has 1 aliphatic rings. The Balaban J connectivity index is 1.73. The third-order valence-electron chi connectivity index (χ3n) is 4.97. The van der Waals surface area contributed by atoms with E-state index in [0.717, 1.165) is 12.8 Å². The highest BCUT2D eigenvalue weighted by Crippen LogP contribution is 2.36. The molecule has 2 aromatic carbocycles. The second-order valence-corrected chi connectivity index (χ2v) is 6.85. The van der Waals surface area contributed by atoms with E-state index in [1.807, 2.05) is 6.92 Å². The first-order valence-electron chi connectivity index (χ1n) is 8.84. The van der Waals surface area contributed by atoms with Crippen molar-refractivity contribution in [1.29, 1.82) is 0 Å². The second-order valence-electron chi connectivity index (χ2n) is 6.85. The predicted octanol–water partition coefficient (Wildman–Crippen LogP) is 4.18. The Hall–Kier alpha value is -2.10. The van der Waals surface area contributed by atoms with Crippen molar-refractivity contribution in [2.75, 3.05) is 6.54 Å². The summed E-state index contributed by atoms with van der Waals surface area (Å²) in [6.45, 7) is 2.46. The molecule has 3 N–H and O–H groups in total. The summed E-state index contributed by atoms with van der Waals surface area (Å²) >= 11 is 0. The first kappa shape index (κ1) is 15.4. The maximum absolute atomic E-state index is 9.56. The first-order chi connectivity index (χ1) is 11.7. The number of aromatic nitrogens is 1. The number of H-pyrrole nitrogens is 1. The van der Waals surface area contributed by atoms with Crippen molar-refractivity contribution in [3.05, 3.63) is 59.8 Å². The minimum absolute atomic E-state index is 0.315. The number of fused-ring (bicyclic) bond motifs is 3. The van der Waals surface area contributed by atoms with Gasteiger partial charge in [0.25, 0.3) is 0 Å². The van der Waals surface area contributed by atoms with Crippen molar-refractivity contribution in [3.63, 3.8) is 0 Å². The van der Waals surface area contributed by atoms with E-state index in [-0.39, 0.29) is 6.10 Å². The van der Waals surface area contributed by atoms with Crippen LogP contribution in [-0.2, 0) is 6.42 Å². The van der Waals surface area contributed by atoms with E-state index in [1.54, 1.807) is 0 Å². The van der Waals surface area contributed by atoms with Gasteiger partial charge in [0, 0.05) is 29.2 Å². The Morgan fingerprint density at radius 2 is 2.00 bits per heavy atom. The second kappa shape index (κ2) is 6.42. The fraction of sp³-hybridized carbons (Fsp3) is 0.333. The highest BCUT2D eigenvalue weighted by atomic mass is 16.3. The summed E-state index contributed by atoms with van der Waals surface area (Å²) in [5.74, 6) is 0. The number of nitrogens with one attached hydrogen (secondary N) is 2. The fourth-order valence-corrected chi connectivity index (χ4v) is 3.79. The van der Waals surface area contributed by atoms with Gasteiger partial charge in [0.15, 0.2) is 0 Å². The average Bonchev–Trinajstić information content (AvgIpc) is 2.99. The Morgan fingerprint density at radius 1 is 1.17 bits per heavy atom. The molecule has 4 rings (SSSR count). The first-order valence-corrected chi connectivity index (χ1v) is 8.84. The normalized spacial score (nSPS) is 18.5. The van der Waals surface area contributed by atoms with Crippen LogP contribution in [-0.4, -0.2) is 22.7 Å². The molecule has 0 amide bonds. The molecule has 0 saturated heterocycles. The number of rotatable bonds is 4. The molecule has 1 aromatic heterocycles. The van der Waals surface area contributed by atoms with Gasteiger partial charge >= 0.3 is 0 Å². The Bertz CT molecular complexity index is 836. The van der Waals surface area contributed by atoms with Gasteiger partial charge in [-0.15, -0.1) is 0 Å². The molecule has 0 spiro atoms. The monoisotopic (exact) mass is 320 g/mol. The molecule has 1 heterocycles. The number of hydrogen-bond acceptors (Lipinski definition) is 2. The zero-order valence-electron chi connectivity index (χ0n) is 14.0. The van der Waals surface area contributed by atoms with E-state index in [0.29, 0.717) is 12.6 Å². The van der Waals surface area contributed by atoms with Crippen molar-refractivity contribution in [2.24, 2.45) is 0 Å². The van der Waals surface area contributed by atoms with E-state index in [2.05, 4.69) is 58.8 Å². The van der Waals surface area contributed by atoms with Crippen molar-refractivity contribution in [1.82, 2.24) is 10.3 Å². The molecule has 2 atom stereocenters. The molecule has 1 aliphatic carbocycles. The quantitative estimate of drug-likeness (QED) is 0.675. The van der Waals surface area contributed by atoms with Gasteiger partial charge in [-0.1, -0.05) is 36.4 Å². The van der Waals surface area contributed by atoms with Gasteiger partial charge in [-0.05, 0) is 55.0 Å². The lowest BCUT2D eigenvalue weighted by atomic mass is 9.91. The third-order valence-corrected chi connectivity index (χ3v) is 4.97. The van der Waals surface area contributed by atoms with E-state index >= 15 is 0 Å². The molecule has 3 nitrogen and oxygen atoms in total. The van der Waals surface area contributed by atoms with Crippen molar-refractivity contribution < 1.29 is 5.11 Å². The van der Waals surface area contributed by atoms with Crippen LogP contribution < -0.4 is 5.32 Å². The minimum Gasteiger partial charge on any atom is -0.392 e. The van der Waals surface area contributed by atoms with Crippen LogP contribution >= 0.6 is 0 Å². The van der Waals surface area contributed by atoms with Crippen molar-refractivity contribution in [2.45, 2.75) is 38.3 Å². The Morgan fingerprint density at radius 3 is 2.79 bits per heavy atom. The molecular weight excluding hydrogens is 296 g/mol. The van der Waals surface area contributed by atoms with E-state index < -0.39 is 0 Å². The molecule has 3 heteroatoms. The van der Waals surface area contributed by atoms with Gasteiger partial charge in [-0.2, -0.15) is 0 Å². The number of aliphatic hydroxyl groups is 1. The Kier molecular flexibility index (Phi) is 4.13. The summed E-state index contributed by atoms with van der Waals surface area (Å²) in [7, 11) is 0.